The highest BCUT2D eigenvalue weighted by molar-refractivity contribution is 6.13. The van der Waals surface area contributed by atoms with Crippen LogP contribution in [0, 0.1) is 0 Å². The molecule has 3 nitrogen and oxygen atoms in total. The fourth-order valence-corrected chi connectivity index (χ4v) is 8.55. The van der Waals surface area contributed by atoms with Gasteiger partial charge in [-0.15, -0.1) is 0 Å². The molecule has 0 aliphatic carbocycles. The minimum absolute atomic E-state index is 0.625. The van der Waals surface area contributed by atoms with Crippen LogP contribution in [0.3, 0.4) is 0 Å². The van der Waals surface area contributed by atoms with Crippen molar-refractivity contribution >= 4 is 43.1 Å². The maximum Gasteiger partial charge on any atom is 0.164 e. The molecule has 1 aromatic heterocycles. The summed E-state index contributed by atoms with van der Waals surface area (Å²) in [5.74, 6) is 1.89. The minimum Gasteiger partial charge on any atom is -0.208 e. The third-order valence-corrected chi connectivity index (χ3v) is 11.3. The average molecular weight is 738 g/mol. The molecular formula is C55H35N3. The Balaban J connectivity index is 1.11. The van der Waals surface area contributed by atoms with Gasteiger partial charge >= 0.3 is 0 Å². The van der Waals surface area contributed by atoms with E-state index in [1.165, 1.54) is 49.0 Å². The Bertz CT molecular complexity index is 3340. The summed E-state index contributed by atoms with van der Waals surface area (Å²) in [7, 11) is 0. The second-order valence-corrected chi connectivity index (χ2v) is 14.8. The van der Waals surface area contributed by atoms with Gasteiger partial charge in [0.25, 0.3) is 0 Å². The van der Waals surface area contributed by atoms with Crippen molar-refractivity contribution in [1.82, 2.24) is 15.0 Å². The first-order valence-electron chi connectivity index (χ1n) is 19.7. The molecule has 0 atom stereocenters. The molecule has 58 heavy (non-hydrogen) atoms. The Morgan fingerprint density at radius 3 is 1.28 bits per heavy atom. The van der Waals surface area contributed by atoms with Gasteiger partial charge in [-0.1, -0.05) is 194 Å². The standard InChI is InChI=1S/C55H35N3/c1-2-15-36(16-3-1)44-29-13-32-50-47(30-14-31-49(44)50)39-21-11-23-42(34-39)54-56-53(41-22-10-20-38(33-41)45-28-12-19-37-17-4-6-24-43(37)45)57-55(58-54)52-35-40-18-5-7-25-46(40)48-26-8-9-27-51(48)52/h1-35H. The Hall–Kier alpha value is -7.75. The van der Waals surface area contributed by atoms with Crippen molar-refractivity contribution < 1.29 is 0 Å². The van der Waals surface area contributed by atoms with Crippen LogP contribution in [-0.2, 0) is 0 Å². The number of aromatic nitrogens is 3. The van der Waals surface area contributed by atoms with Gasteiger partial charge < -0.3 is 0 Å². The number of hydrogen-bond donors (Lipinski definition) is 0. The van der Waals surface area contributed by atoms with E-state index in [-0.39, 0.29) is 0 Å². The molecule has 0 aliphatic rings. The van der Waals surface area contributed by atoms with E-state index in [1.807, 2.05) is 0 Å². The van der Waals surface area contributed by atoms with E-state index in [2.05, 4.69) is 212 Å². The number of benzene rings is 10. The Labute approximate surface area is 336 Å². The summed E-state index contributed by atoms with van der Waals surface area (Å²) in [5, 5.41) is 9.46. The number of fused-ring (bicyclic) bond motifs is 5. The van der Waals surface area contributed by atoms with E-state index in [0.717, 1.165) is 44.2 Å². The van der Waals surface area contributed by atoms with Gasteiger partial charge in [0.05, 0.1) is 0 Å². The average Bonchev–Trinajstić information content (AvgIpc) is 3.31. The first-order chi connectivity index (χ1) is 28.7. The highest BCUT2D eigenvalue weighted by Crippen LogP contribution is 2.39. The topological polar surface area (TPSA) is 38.7 Å². The lowest BCUT2D eigenvalue weighted by Crippen LogP contribution is -2.01. The maximum absolute atomic E-state index is 5.31. The Morgan fingerprint density at radius 2 is 0.603 bits per heavy atom. The third kappa shape index (κ3) is 5.89. The van der Waals surface area contributed by atoms with Crippen molar-refractivity contribution in [2.75, 3.05) is 0 Å². The first-order valence-corrected chi connectivity index (χ1v) is 19.7. The first kappa shape index (κ1) is 33.6. The molecular weight excluding hydrogens is 703 g/mol. The second-order valence-electron chi connectivity index (χ2n) is 14.8. The molecule has 11 rings (SSSR count). The van der Waals surface area contributed by atoms with E-state index >= 15 is 0 Å². The lowest BCUT2D eigenvalue weighted by molar-refractivity contribution is 1.08. The zero-order chi connectivity index (χ0) is 38.4. The summed E-state index contributed by atoms with van der Waals surface area (Å²) in [6, 6.07) is 75.3. The third-order valence-electron chi connectivity index (χ3n) is 11.3. The van der Waals surface area contributed by atoms with Gasteiger partial charge in [-0.05, 0) is 94.7 Å². The molecule has 11 aromatic rings. The molecule has 270 valence electrons. The van der Waals surface area contributed by atoms with Crippen LogP contribution in [0.4, 0.5) is 0 Å². The molecule has 0 amide bonds. The molecule has 0 saturated carbocycles. The van der Waals surface area contributed by atoms with Crippen molar-refractivity contribution in [2.24, 2.45) is 0 Å². The molecule has 0 spiro atoms. The van der Waals surface area contributed by atoms with E-state index in [4.69, 9.17) is 15.0 Å². The predicted octanol–water partition coefficient (Wildman–Crippen LogP) is 14.5. The highest BCUT2D eigenvalue weighted by Gasteiger charge is 2.18. The summed E-state index contributed by atoms with van der Waals surface area (Å²) >= 11 is 0. The van der Waals surface area contributed by atoms with Gasteiger partial charge in [-0.25, -0.2) is 15.0 Å². The molecule has 0 N–H and O–H groups in total. The van der Waals surface area contributed by atoms with Crippen LogP contribution in [0.2, 0.25) is 0 Å². The van der Waals surface area contributed by atoms with E-state index in [1.54, 1.807) is 0 Å². The molecule has 0 saturated heterocycles. The molecule has 0 unspecified atom stereocenters. The second kappa shape index (κ2) is 14.1. The van der Waals surface area contributed by atoms with Crippen molar-refractivity contribution in [3.05, 3.63) is 212 Å². The van der Waals surface area contributed by atoms with Crippen LogP contribution in [0.5, 0.6) is 0 Å². The SMILES string of the molecule is c1ccc(-c2cccc3c(-c4cccc(-c5nc(-c6cccc(-c7cccc8ccccc78)c6)nc(-c6cc7ccccc7c7ccccc67)n5)c4)cccc23)cc1. The summed E-state index contributed by atoms with van der Waals surface area (Å²) in [6.45, 7) is 0. The van der Waals surface area contributed by atoms with Crippen molar-refractivity contribution in [3.8, 4) is 67.5 Å². The van der Waals surface area contributed by atoms with Crippen LogP contribution in [0.25, 0.3) is 111 Å². The van der Waals surface area contributed by atoms with Crippen LogP contribution >= 0.6 is 0 Å². The number of nitrogens with zero attached hydrogens (tertiary/aromatic N) is 3. The van der Waals surface area contributed by atoms with Gasteiger partial charge in [0.2, 0.25) is 0 Å². The molecule has 0 radical (unpaired) electrons. The summed E-state index contributed by atoms with van der Waals surface area (Å²) in [4.78, 5) is 15.9. The smallest absolute Gasteiger partial charge is 0.164 e. The van der Waals surface area contributed by atoms with Crippen molar-refractivity contribution in [1.29, 1.82) is 0 Å². The molecule has 10 aromatic carbocycles. The van der Waals surface area contributed by atoms with Crippen LogP contribution in [-0.4, -0.2) is 15.0 Å². The van der Waals surface area contributed by atoms with Crippen LogP contribution in [0.1, 0.15) is 0 Å². The van der Waals surface area contributed by atoms with E-state index in [9.17, 15) is 0 Å². The van der Waals surface area contributed by atoms with Gasteiger partial charge in [0.15, 0.2) is 17.5 Å². The molecule has 1 heterocycles. The lowest BCUT2D eigenvalue weighted by atomic mass is 9.92. The lowest BCUT2D eigenvalue weighted by Gasteiger charge is -2.14. The van der Waals surface area contributed by atoms with Crippen LogP contribution < -0.4 is 0 Å². The van der Waals surface area contributed by atoms with Crippen LogP contribution in [0.15, 0.2) is 212 Å². The number of hydrogen-bond acceptors (Lipinski definition) is 3. The Morgan fingerprint density at radius 1 is 0.207 bits per heavy atom. The van der Waals surface area contributed by atoms with E-state index < -0.39 is 0 Å². The number of rotatable bonds is 6. The van der Waals surface area contributed by atoms with Crippen molar-refractivity contribution in [2.45, 2.75) is 0 Å². The highest BCUT2D eigenvalue weighted by atomic mass is 15.0. The zero-order valence-corrected chi connectivity index (χ0v) is 31.5. The molecule has 0 bridgehead atoms. The zero-order valence-electron chi connectivity index (χ0n) is 31.5. The van der Waals surface area contributed by atoms with Gasteiger partial charge in [-0.3, -0.25) is 0 Å². The van der Waals surface area contributed by atoms with Gasteiger partial charge in [0, 0.05) is 16.7 Å². The normalized spacial score (nSPS) is 11.4. The fraction of sp³-hybridized carbons (Fsp3) is 0. The minimum atomic E-state index is 0.625. The fourth-order valence-electron chi connectivity index (χ4n) is 8.55. The Kier molecular flexibility index (Phi) is 8.15. The van der Waals surface area contributed by atoms with E-state index in [0.29, 0.717) is 17.5 Å². The molecule has 0 aliphatic heterocycles. The maximum atomic E-state index is 5.31. The summed E-state index contributed by atoms with van der Waals surface area (Å²) in [6.07, 6.45) is 0. The summed E-state index contributed by atoms with van der Waals surface area (Å²) < 4.78 is 0. The predicted molar refractivity (Wildman–Crippen MR) is 242 cm³/mol. The van der Waals surface area contributed by atoms with Gasteiger partial charge in [0.1, 0.15) is 0 Å². The van der Waals surface area contributed by atoms with Gasteiger partial charge in [-0.2, -0.15) is 0 Å². The molecule has 0 fully saturated rings. The molecule has 3 heteroatoms. The summed E-state index contributed by atoms with van der Waals surface area (Å²) in [5.41, 5.74) is 9.80. The quantitative estimate of drug-likeness (QED) is 0.160. The van der Waals surface area contributed by atoms with Crippen molar-refractivity contribution in [3.63, 3.8) is 0 Å². The largest absolute Gasteiger partial charge is 0.208 e. The monoisotopic (exact) mass is 737 g/mol.